The highest BCUT2D eigenvalue weighted by atomic mass is 35.5. The van der Waals surface area contributed by atoms with E-state index in [9.17, 15) is 19.7 Å². The van der Waals surface area contributed by atoms with Gasteiger partial charge in [-0.1, -0.05) is 17.7 Å². The molecular weight excluding hydrogens is 456 g/mol. The van der Waals surface area contributed by atoms with Gasteiger partial charge in [-0.2, -0.15) is 0 Å². The van der Waals surface area contributed by atoms with Crippen molar-refractivity contribution < 1.29 is 19.2 Å². The van der Waals surface area contributed by atoms with Crippen LogP contribution >= 0.6 is 23.4 Å². The first-order chi connectivity index (χ1) is 15.4. The molecule has 2 amide bonds. The number of thioether (sulfide) groups is 1. The van der Waals surface area contributed by atoms with E-state index in [0.29, 0.717) is 36.1 Å². The third-order valence-electron chi connectivity index (χ3n) is 5.06. The van der Waals surface area contributed by atoms with Crippen molar-refractivity contribution in [1.29, 1.82) is 0 Å². The van der Waals surface area contributed by atoms with Gasteiger partial charge in [-0.15, -0.1) is 11.8 Å². The molecule has 1 aromatic carbocycles. The number of hydrogen-bond donors (Lipinski definition) is 1. The fraction of sp³-hybridized carbons (Fsp3) is 0.381. The van der Waals surface area contributed by atoms with Crippen molar-refractivity contribution in [2.75, 3.05) is 31.3 Å². The number of nitro groups is 1. The predicted octanol–water partition coefficient (Wildman–Crippen LogP) is 3.76. The molecule has 1 aromatic heterocycles. The number of nitro benzene ring substituents is 1. The Bertz CT molecular complexity index is 989. The van der Waals surface area contributed by atoms with Crippen molar-refractivity contribution in [2.45, 2.75) is 18.6 Å². The van der Waals surface area contributed by atoms with E-state index in [1.807, 2.05) is 0 Å². The summed E-state index contributed by atoms with van der Waals surface area (Å²) in [4.78, 5) is 41.6. The number of aromatic nitrogens is 1. The number of carbonyl (C=O) groups excluding carboxylic acids is 2. The first-order valence-corrected chi connectivity index (χ1v) is 11.5. The van der Waals surface area contributed by atoms with E-state index in [0.717, 1.165) is 12.0 Å². The van der Waals surface area contributed by atoms with Crippen LogP contribution in [-0.4, -0.2) is 52.6 Å². The number of nitrogens with zero attached hydrogens (tertiary/aromatic N) is 3. The molecule has 1 fully saturated rings. The molecule has 2 aromatic rings. The lowest BCUT2D eigenvalue weighted by Gasteiger charge is -2.32. The molecule has 11 heteroatoms. The molecule has 1 aliphatic rings. The molecule has 0 aliphatic carbocycles. The lowest BCUT2D eigenvalue weighted by atomic mass is 9.97. The summed E-state index contributed by atoms with van der Waals surface area (Å²) >= 11 is 7.19. The topological polar surface area (TPSA) is 115 Å². The zero-order valence-electron chi connectivity index (χ0n) is 17.5. The first-order valence-electron chi connectivity index (χ1n) is 9.96. The number of nitrogens with one attached hydrogen (secondary N) is 1. The number of carbonyl (C=O) groups is 2. The molecule has 1 unspecified atom stereocenters. The Morgan fingerprint density at radius 2 is 2.19 bits per heavy atom. The number of methoxy groups -OCH3 is 1. The molecule has 0 spiro atoms. The van der Waals surface area contributed by atoms with E-state index in [-0.39, 0.29) is 34.9 Å². The van der Waals surface area contributed by atoms with E-state index in [2.05, 4.69) is 10.3 Å². The van der Waals surface area contributed by atoms with Gasteiger partial charge in [-0.05, 0) is 36.6 Å². The maximum Gasteiger partial charge on any atom is 0.311 e. The lowest BCUT2D eigenvalue weighted by Crippen LogP contribution is -2.44. The second-order valence-corrected chi connectivity index (χ2v) is 8.71. The summed E-state index contributed by atoms with van der Waals surface area (Å²) in [5.74, 6) is 0.775. The number of benzene rings is 1. The molecule has 1 N–H and O–H groups in total. The second kappa shape index (κ2) is 11.1. The van der Waals surface area contributed by atoms with Crippen LogP contribution in [-0.2, 0) is 15.3 Å². The summed E-state index contributed by atoms with van der Waals surface area (Å²) in [5.41, 5.74) is 0.638. The van der Waals surface area contributed by atoms with Crippen LogP contribution in [0.2, 0.25) is 5.02 Å². The fourth-order valence-corrected chi connectivity index (χ4v) is 4.40. The summed E-state index contributed by atoms with van der Waals surface area (Å²) < 4.78 is 5.00. The van der Waals surface area contributed by atoms with Gasteiger partial charge in [0, 0.05) is 31.1 Å². The molecule has 1 saturated heterocycles. The van der Waals surface area contributed by atoms with Gasteiger partial charge in [0.2, 0.25) is 11.8 Å². The average Bonchev–Trinajstić information content (AvgIpc) is 2.80. The van der Waals surface area contributed by atoms with Gasteiger partial charge < -0.3 is 15.0 Å². The summed E-state index contributed by atoms with van der Waals surface area (Å²) in [7, 11) is 1.38. The quantitative estimate of drug-likeness (QED) is 0.453. The average molecular weight is 479 g/mol. The number of pyridine rings is 1. The number of rotatable bonds is 8. The minimum atomic E-state index is -0.489. The number of anilines is 1. The molecule has 0 radical (unpaired) electrons. The minimum Gasteiger partial charge on any atom is -0.490 e. The standard InChI is InChI=1S/C21H23ClN4O5S/c1-31-18-6-4-14(9-17(18)26(29)30)12-32-13-20(27)25-8-2-3-15(11-25)21(28)24-19-7-5-16(22)10-23-19/h4-7,9-10,15H,2-3,8,11-13H2,1H3,(H,23,24,28). The molecule has 32 heavy (non-hydrogen) atoms. The van der Waals surface area contributed by atoms with E-state index in [1.54, 1.807) is 29.2 Å². The van der Waals surface area contributed by atoms with Gasteiger partial charge in [0.05, 0.1) is 28.7 Å². The number of amides is 2. The van der Waals surface area contributed by atoms with Crippen molar-refractivity contribution >= 4 is 46.7 Å². The Labute approximate surface area is 194 Å². The molecule has 170 valence electrons. The van der Waals surface area contributed by atoms with Gasteiger partial charge in [0.15, 0.2) is 5.75 Å². The van der Waals surface area contributed by atoms with Crippen LogP contribution in [0.25, 0.3) is 0 Å². The van der Waals surface area contributed by atoms with Crippen molar-refractivity contribution in [3.8, 4) is 5.75 Å². The molecule has 0 saturated carbocycles. The van der Waals surface area contributed by atoms with Gasteiger partial charge in [0.1, 0.15) is 5.82 Å². The molecule has 3 rings (SSSR count). The maximum absolute atomic E-state index is 12.6. The first kappa shape index (κ1) is 23.8. The zero-order chi connectivity index (χ0) is 23.1. The number of halogens is 1. The van der Waals surface area contributed by atoms with Crippen LogP contribution in [0.1, 0.15) is 18.4 Å². The Kier molecular flexibility index (Phi) is 8.29. The van der Waals surface area contributed by atoms with Crippen LogP contribution in [0.4, 0.5) is 11.5 Å². The largest absolute Gasteiger partial charge is 0.490 e. The van der Waals surface area contributed by atoms with E-state index in [1.165, 1.54) is 31.1 Å². The SMILES string of the molecule is COc1ccc(CSCC(=O)N2CCCC(C(=O)Nc3ccc(Cl)cn3)C2)cc1[N+](=O)[O-]. The molecule has 0 bridgehead atoms. The second-order valence-electron chi connectivity index (χ2n) is 7.29. The van der Waals surface area contributed by atoms with E-state index < -0.39 is 4.92 Å². The van der Waals surface area contributed by atoms with Crippen molar-refractivity contribution in [3.63, 3.8) is 0 Å². The highest BCUT2D eigenvalue weighted by Gasteiger charge is 2.28. The summed E-state index contributed by atoms with van der Waals surface area (Å²) in [6.07, 6.45) is 2.90. The van der Waals surface area contributed by atoms with Gasteiger partial charge in [-0.25, -0.2) is 4.98 Å². The predicted molar refractivity (Wildman–Crippen MR) is 123 cm³/mol. The monoisotopic (exact) mass is 478 g/mol. The van der Waals surface area contributed by atoms with E-state index in [4.69, 9.17) is 16.3 Å². The Hall–Kier alpha value is -2.85. The Morgan fingerprint density at radius 3 is 2.88 bits per heavy atom. The smallest absolute Gasteiger partial charge is 0.311 e. The third-order valence-corrected chi connectivity index (χ3v) is 6.27. The molecular formula is C21H23ClN4O5S. The highest BCUT2D eigenvalue weighted by Crippen LogP contribution is 2.29. The van der Waals surface area contributed by atoms with Gasteiger partial charge in [-0.3, -0.25) is 19.7 Å². The lowest BCUT2D eigenvalue weighted by molar-refractivity contribution is -0.385. The van der Waals surface area contributed by atoms with Crippen LogP contribution in [0, 0.1) is 16.0 Å². The number of ether oxygens (including phenoxy) is 1. The van der Waals surface area contributed by atoms with Gasteiger partial charge >= 0.3 is 5.69 Å². The summed E-state index contributed by atoms with van der Waals surface area (Å²) in [5, 5.41) is 14.4. The number of likely N-dealkylation sites (tertiary alicyclic amines) is 1. The summed E-state index contributed by atoms with van der Waals surface area (Å²) in [6.45, 7) is 0.962. The highest BCUT2D eigenvalue weighted by molar-refractivity contribution is 7.99. The molecule has 1 aliphatic heterocycles. The maximum atomic E-state index is 12.6. The molecule has 1 atom stereocenters. The van der Waals surface area contributed by atoms with Crippen LogP contribution in [0.5, 0.6) is 5.75 Å². The third kappa shape index (κ3) is 6.33. The van der Waals surface area contributed by atoms with Crippen LogP contribution < -0.4 is 10.1 Å². The van der Waals surface area contributed by atoms with Crippen molar-refractivity contribution in [3.05, 3.63) is 57.2 Å². The van der Waals surface area contributed by atoms with Crippen LogP contribution in [0.3, 0.4) is 0 Å². The number of hydrogen-bond acceptors (Lipinski definition) is 7. The van der Waals surface area contributed by atoms with Crippen molar-refractivity contribution in [2.24, 2.45) is 5.92 Å². The normalized spacial score (nSPS) is 15.8. The Morgan fingerprint density at radius 1 is 1.38 bits per heavy atom. The minimum absolute atomic E-state index is 0.0554. The van der Waals surface area contributed by atoms with E-state index >= 15 is 0 Å². The molecule has 9 nitrogen and oxygen atoms in total. The Balaban J connectivity index is 1.50. The summed E-state index contributed by atoms with van der Waals surface area (Å²) in [6, 6.07) is 8.04. The van der Waals surface area contributed by atoms with Gasteiger partial charge in [0.25, 0.3) is 0 Å². The zero-order valence-corrected chi connectivity index (χ0v) is 19.0. The fourth-order valence-electron chi connectivity index (χ4n) is 3.41. The van der Waals surface area contributed by atoms with Crippen molar-refractivity contribution in [1.82, 2.24) is 9.88 Å². The molecule has 2 heterocycles. The van der Waals surface area contributed by atoms with Crippen LogP contribution in [0.15, 0.2) is 36.5 Å². The number of piperidine rings is 1.